The Kier molecular flexibility index (Phi) is 2.64. The molecule has 88 valence electrons. The predicted octanol–water partition coefficient (Wildman–Crippen LogP) is 2.04. The zero-order valence-corrected chi connectivity index (χ0v) is 9.84. The first kappa shape index (κ1) is 11.4. The summed E-state index contributed by atoms with van der Waals surface area (Å²) in [7, 11) is 2.92. The highest BCUT2D eigenvalue weighted by molar-refractivity contribution is 6.33. The lowest BCUT2D eigenvalue weighted by molar-refractivity contribution is 0.147. The minimum absolute atomic E-state index is 0.0670. The second-order valence-corrected chi connectivity index (χ2v) is 4.23. The average molecular weight is 245 g/mol. The minimum atomic E-state index is -1.01. The molecule has 0 atom stereocenters. The third-order valence-electron chi connectivity index (χ3n) is 2.78. The lowest BCUT2D eigenvalue weighted by Crippen LogP contribution is -2.07. The van der Waals surface area contributed by atoms with E-state index in [9.17, 15) is 10.2 Å². The van der Waals surface area contributed by atoms with Gasteiger partial charge in [0.25, 0.3) is 0 Å². The Bertz CT molecular complexity index is 426. The molecular formula is C11H13ClO4. The molecule has 0 saturated heterocycles. The lowest BCUT2D eigenvalue weighted by atomic mass is 10.1. The summed E-state index contributed by atoms with van der Waals surface area (Å²) < 4.78 is 10.1. The Morgan fingerprint density at radius 2 is 1.94 bits per heavy atom. The van der Waals surface area contributed by atoms with Crippen LogP contribution in [0.25, 0.3) is 0 Å². The molecule has 0 spiro atoms. The van der Waals surface area contributed by atoms with E-state index in [1.807, 2.05) is 0 Å². The molecule has 0 radical (unpaired) electrons. The summed E-state index contributed by atoms with van der Waals surface area (Å²) in [5, 5.41) is 20.0. The molecule has 2 N–H and O–H groups in total. The summed E-state index contributed by atoms with van der Waals surface area (Å²) >= 11 is 6.10. The standard InChI is InChI=1S/C11H13ClO4/c1-15-7-5-6(13)8(11(14)3-4-11)9(12)10(7)16-2/h5,13-14H,3-4H2,1-2H3. The van der Waals surface area contributed by atoms with Crippen LogP contribution >= 0.6 is 11.6 Å². The zero-order valence-electron chi connectivity index (χ0n) is 9.08. The largest absolute Gasteiger partial charge is 0.507 e. The Morgan fingerprint density at radius 3 is 2.38 bits per heavy atom. The molecule has 4 nitrogen and oxygen atoms in total. The van der Waals surface area contributed by atoms with E-state index in [0.717, 1.165) is 0 Å². The minimum Gasteiger partial charge on any atom is -0.507 e. The van der Waals surface area contributed by atoms with E-state index in [1.54, 1.807) is 0 Å². The molecule has 1 saturated carbocycles. The van der Waals surface area contributed by atoms with Gasteiger partial charge in [0.15, 0.2) is 11.5 Å². The van der Waals surface area contributed by atoms with Crippen LogP contribution in [-0.2, 0) is 5.60 Å². The number of rotatable bonds is 3. The van der Waals surface area contributed by atoms with Gasteiger partial charge < -0.3 is 19.7 Å². The van der Waals surface area contributed by atoms with E-state index in [1.165, 1.54) is 20.3 Å². The number of ether oxygens (including phenoxy) is 2. The first-order chi connectivity index (χ1) is 7.53. The lowest BCUT2D eigenvalue weighted by Gasteiger charge is -2.17. The summed E-state index contributed by atoms with van der Waals surface area (Å²) in [4.78, 5) is 0. The molecule has 0 bridgehead atoms. The number of hydrogen-bond acceptors (Lipinski definition) is 4. The van der Waals surface area contributed by atoms with Crippen LogP contribution < -0.4 is 9.47 Å². The van der Waals surface area contributed by atoms with E-state index < -0.39 is 5.60 Å². The predicted molar refractivity (Wildman–Crippen MR) is 59.4 cm³/mol. The van der Waals surface area contributed by atoms with Crippen molar-refractivity contribution in [3.63, 3.8) is 0 Å². The second kappa shape index (κ2) is 3.71. The molecule has 1 aromatic carbocycles. The summed E-state index contributed by atoms with van der Waals surface area (Å²) in [6.07, 6.45) is 1.19. The van der Waals surface area contributed by atoms with Gasteiger partial charge in [-0.3, -0.25) is 0 Å². The summed E-state index contributed by atoms with van der Waals surface area (Å²) in [6, 6.07) is 1.40. The molecule has 1 aliphatic rings. The van der Waals surface area contributed by atoms with Crippen LogP contribution in [0.3, 0.4) is 0 Å². The van der Waals surface area contributed by atoms with Crippen molar-refractivity contribution in [1.82, 2.24) is 0 Å². The third kappa shape index (κ3) is 1.58. The van der Waals surface area contributed by atoms with Gasteiger partial charge in [-0.05, 0) is 12.8 Å². The highest BCUT2D eigenvalue weighted by atomic mass is 35.5. The normalized spacial score (nSPS) is 17.0. The third-order valence-corrected chi connectivity index (χ3v) is 3.14. The highest BCUT2D eigenvalue weighted by Gasteiger charge is 2.46. The van der Waals surface area contributed by atoms with Crippen molar-refractivity contribution in [2.75, 3.05) is 14.2 Å². The summed E-state index contributed by atoms with van der Waals surface area (Å²) in [5.74, 6) is 0.609. The number of phenols is 1. The van der Waals surface area contributed by atoms with Crippen molar-refractivity contribution in [2.24, 2.45) is 0 Å². The van der Waals surface area contributed by atoms with E-state index in [4.69, 9.17) is 21.1 Å². The fourth-order valence-electron chi connectivity index (χ4n) is 1.75. The topological polar surface area (TPSA) is 58.9 Å². The quantitative estimate of drug-likeness (QED) is 0.854. The number of methoxy groups -OCH3 is 2. The van der Waals surface area contributed by atoms with Gasteiger partial charge in [-0.2, -0.15) is 0 Å². The maximum absolute atomic E-state index is 10.0. The van der Waals surface area contributed by atoms with E-state index in [0.29, 0.717) is 29.9 Å². The van der Waals surface area contributed by atoms with E-state index in [2.05, 4.69) is 0 Å². The van der Waals surface area contributed by atoms with Crippen LogP contribution in [0.15, 0.2) is 6.07 Å². The van der Waals surface area contributed by atoms with Crippen molar-refractivity contribution < 1.29 is 19.7 Å². The van der Waals surface area contributed by atoms with Crippen LogP contribution in [0, 0.1) is 0 Å². The van der Waals surface area contributed by atoms with Crippen molar-refractivity contribution in [1.29, 1.82) is 0 Å². The fourth-order valence-corrected chi connectivity index (χ4v) is 2.19. The molecule has 1 aliphatic carbocycles. The first-order valence-electron chi connectivity index (χ1n) is 4.90. The highest BCUT2D eigenvalue weighted by Crippen LogP contribution is 2.55. The molecule has 0 aliphatic heterocycles. The molecule has 5 heteroatoms. The van der Waals surface area contributed by atoms with Crippen molar-refractivity contribution in [3.05, 3.63) is 16.7 Å². The SMILES string of the molecule is COc1cc(O)c(C2(O)CC2)c(Cl)c1OC. The van der Waals surface area contributed by atoms with Gasteiger partial charge in [-0.1, -0.05) is 11.6 Å². The molecule has 0 amide bonds. The van der Waals surface area contributed by atoms with E-state index >= 15 is 0 Å². The first-order valence-corrected chi connectivity index (χ1v) is 5.27. The second-order valence-electron chi connectivity index (χ2n) is 3.85. The average Bonchev–Trinajstić information content (AvgIpc) is 2.96. The number of aliphatic hydroxyl groups is 1. The number of halogens is 1. The van der Waals surface area contributed by atoms with Crippen molar-refractivity contribution in [2.45, 2.75) is 18.4 Å². The molecule has 2 rings (SSSR count). The smallest absolute Gasteiger partial charge is 0.180 e. The van der Waals surface area contributed by atoms with Crippen LogP contribution in [0.2, 0.25) is 5.02 Å². The van der Waals surface area contributed by atoms with Crippen molar-refractivity contribution in [3.8, 4) is 17.2 Å². The molecule has 16 heavy (non-hydrogen) atoms. The van der Waals surface area contributed by atoms with Gasteiger partial charge in [-0.25, -0.2) is 0 Å². The summed E-state index contributed by atoms with van der Waals surface area (Å²) in [5.41, 5.74) is -0.687. The molecule has 0 unspecified atom stereocenters. The van der Waals surface area contributed by atoms with Gasteiger partial charge in [0.1, 0.15) is 5.75 Å². The fraction of sp³-hybridized carbons (Fsp3) is 0.455. The Morgan fingerprint density at radius 1 is 1.31 bits per heavy atom. The number of benzene rings is 1. The van der Waals surface area contributed by atoms with Crippen LogP contribution in [0.5, 0.6) is 17.2 Å². The Labute approximate surface area is 98.4 Å². The van der Waals surface area contributed by atoms with Gasteiger partial charge in [0.05, 0.1) is 24.8 Å². The monoisotopic (exact) mass is 244 g/mol. The van der Waals surface area contributed by atoms with Crippen molar-refractivity contribution >= 4 is 11.6 Å². The van der Waals surface area contributed by atoms with Gasteiger partial charge >= 0.3 is 0 Å². The van der Waals surface area contributed by atoms with E-state index in [-0.39, 0.29) is 10.8 Å². The maximum atomic E-state index is 10.0. The van der Waals surface area contributed by atoms with Gasteiger partial charge in [-0.15, -0.1) is 0 Å². The Balaban J connectivity index is 2.62. The number of aromatic hydroxyl groups is 1. The summed E-state index contributed by atoms with van der Waals surface area (Å²) in [6.45, 7) is 0. The number of phenolic OH excluding ortho intramolecular Hbond substituents is 1. The maximum Gasteiger partial charge on any atom is 0.180 e. The molecule has 1 aromatic rings. The Hall–Kier alpha value is -1.13. The number of hydrogen-bond donors (Lipinski definition) is 2. The zero-order chi connectivity index (χ0) is 11.9. The molecular weight excluding hydrogens is 232 g/mol. The van der Waals surface area contributed by atoms with Crippen LogP contribution in [0.4, 0.5) is 0 Å². The van der Waals surface area contributed by atoms with Crippen LogP contribution in [-0.4, -0.2) is 24.4 Å². The molecule has 0 heterocycles. The molecule has 1 fully saturated rings. The molecule has 0 aromatic heterocycles. The van der Waals surface area contributed by atoms with Gasteiger partial charge in [0.2, 0.25) is 0 Å². The van der Waals surface area contributed by atoms with Gasteiger partial charge in [0, 0.05) is 11.6 Å². The van der Waals surface area contributed by atoms with Crippen LogP contribution in [0.1, 0.15) is 18.4 Å².